The fourth-order valence-electron chi connectivity index (χ4n) is 3.91. The number of nitrogens with one attached hydrogen (secondary N) is 1. The van der Waals surface area contributed by atoms with Crippen LogP contribution in [0.25, 0.3) is 0 Å². The van der Waals surface area contributed by atoms with Crippen molar-refractivity contribution in [1.29, 1.82) is 0 Å². The van der Waals surface area contributed by atoms with Crippen LogP contribution < -0.4 is 5.32 Å². The minimum atomic E-state index is -0.702. The Bertz CT molecular complexity index is 388. The van der Waals surface area contributed by atoms with Gasteiger partial charge in [-0.1, -0.05) is 41.9 Å². The van der Waals surface area contributed by atoms with E-state index in [2.05, 4.69) is 27.9 Å². The molecule has 4 atom stereocenters. The minimum Gasteiger partial charge on any atom is -0.481 e. The predicted molar refractivity (Wildman–Crippen MR) is 95.1 cm³/mol. The maximum absolute atomic E-state index is 12.4. The molecule has 22 heavy (non-hydrogen) atoms. The number of hydrogen-bond donors (Lipinski definition) is 2. The number of carboxylic acids is 1. The highest BCUT2D eigenvalue weighted by Gasteiger charge is 2.29. The van der Waals surface area contributed by atoms with Crippen molar-refractivity contribution in [3.05, 3.63) is 0 Å². The molecule has 4 nitrogen and oxygen atoms in total. The Morgan fingerprint density at radius 1 is 1.09 bits per heavy atom. The fraction of sp³-hybridized carbons (Fsp3) is 0.882. The van der Waals surface area contributed by atoms with Crippen molar-refractivity contribution in [2.24, 2.45) is 11.8 Å². The second-order valence-corrected chi connectivity index (χ2v) is 8.75. The van der Waals surface area contributed by atoms with Gasteiger partial charge in [-0.25, -0.2) is 0 Å². The number of carboxylic acid groups (broad SMARTS) is 1. The molecule has 2 rings (SSSR count). The minimum absolute atomic E-state index is 0.211. The Morgan fingerprint density at radius 2 is 1.86 bits per heavy atom. The molecule has 2 fully saturated rings. The van der Waals surface area contributed by atoms with Crippen molar-refractivity contribution in [1.82, 2.24) is 5.32 Å². The lowest BCUT2D eigenvalue weighted by molar-refractivity contribution is -0.137. The van der Waals surface area contributed by atoms with Crippen molar-refractivity contribution >= 4 is 34.5 Å². The van der Waals surface area contributed by atoms with Crippen molar-refractivity contribution < 1.29 is 14.7 Å². The van der Waals surface area contributed by atoms with Gasteiger partial charge in [0.15, 0.2) is 0 Å². The van der Waals surface area contributed by atoms with Crippen LogP contribution in [-0.4, -0.2) is 26.9 Å². The fourth-order valence-corrected chi connectivity index (χ4v) is 4.97. The van der Waals surface area contributed by atoms with Crippen molar-refractivity contribution in [2.75, 3.05) is 0 Å². The lowest BCUT2D eigenvalue weighted by Crippen LogP contribution is -2.42. The molecule has 4 unspecified atom stereocenters. The highest BCUT2D eigenvalue weighted by atomic mass is 127. The number of halogens is 1. The van der Waals surface area contributed by atoms with Crippen LogP contribution in [0.4, 0.5) is 0 Å². The third-order valence-corrected chi connectivity index (χ3v) is 6.24. The van der Waals surface area contributed by atoms with Crippen LogP contribution >= 0.6 is 22.6 Å². The topological polar surface area (TPSA) is 66.4 Å². The first kappa shape index (κ1) is 18.0. The average Bonchev–Trinajstić information content (AvgIpc) is 2.47. The zero-order chi connectivity index (χ0) is 15.9. The number of amides is 1. The first-order valence-corrected chi connectivity index (χ1v) is 9.95. The molecule has 0 aromatic carbocycles. The molecule has 0 aromatic rings. The summed E-state index contributed by atoms with van der Waals surface area (Å²) in [5, 5.41) is 12.0. The van der Waals surface area contributed by atoms with Gasteiger partial charge in [0.2, 0.25) is 5.91 Å². The highest BCUT2D eigenvalue weighted by Crippen LogP contribution is 2.31. The molecule has 2 saturated carbocycles. The molecule has 0 saturated heterocycles. The summed E-state index contributed by atoms with van der Waals surface area (Å²) < 4.78 is 0.650. The van der Waals surface area contributed by atoms with Crippen LogP contribution in [0.1, 0.15) is 70.6 Å². The molecule has 0 aliphatic heterocycles. The van der Waals surface area contributed by atoms with Gasteiger partial charge in [0, 0.05) is 22.3 Å². The molecule has 2 aliphatic rings. The quantitative estimate of drug-likeness (QED) is 0.505. The van der Waals surface area contributed by atoms with Gasteiger partial charge in [-0.3, -0.25) is 9.59 Å². The van der Waals surface area contributed by atoms with Gasteiger partial charge in [0.1, 0.15) is 0 Å². The summed E-state index contributed by atoms with van der Waals surface area (Å²) in [6, 6.07) is 0.311. The molecule has 0 aromatic heterocycles. The molecule has 1 amide bonds. The Hall–Kier alpha value is -0.330. The maximum atomic E-state index is 12.4. The summed E-state index contributed by atoms with van der Waals surface area (Å²) in [5.41, 5.74) is 0. The molecule has 0 bridgehead atoms. The van der Waals surface area contributed by atoms with Crippen molar-refractivity contribution in [3.63, 3.8) is 0 Å². The molecule has 0 radical (unpaired) electrons. The Labute approximate surface area is 146 Å². The monoisotopic (exact) mass is 421 g/mol. The highest BCUT2D eigenvalue weighted by molar-refractivity contribution is 14.1. The number of carbonyl (C=O) groups is 2. The van der Waals surface area contributed by atoms with E-state index in [-0.39, 0.29) is 18.2 Å². The van der Waals surface area contributed by atoms with Crippen molar-refractivity contribution in [3.8, 4) is 0 Å². The van der Waals surface area contributed by atoms with Crippen LogP contribution in [0.2, 0.25) is 0 Å². The van der Waals surface area contributed by atoms with Crippen LogP contribution in [-0.2, 0) is 9.59 Å². The SMILES string of the molecule is O=C(O)CCCC1CCCC(NC(=O)C2CCCC(I)C2)C1. The summed E-state index contributed by atoms with van der Waals surface area (Å²) in [6.45, 7) is 0. The second-order valence-electron chi connectivity index (χ2n) is 6.98. The van der Waals surface area contributed by atoms with E-state index < -0.39 is 5.97 Å². The summed E-state index contributed by atoms with van der Waals surface area (Å²) in [6.07, 6.45) is 11.0. The van der Waals surface area contributed by atoms with Gasteiger partial charge in [0.05, 0.1) is 0 Å². The largest absolute Gasteiger partial charge is 0.481 e. The smallest absolute Gasteiger partial charge is 0.303 e. The Morgan fingerprint density at radius 3 is 2.59 bits per heavy atom. The third kappa shape index (κ3) is 6.05. The van der Waals surface area contributed by atoms with Crippen LogP contribution in [0.15, 0.2) is 0 Å². The summed E-state index contributed by atoms with van der Waals surface area (Å²) >= 11 is 2.47. The molecule has 126 valence electrons. The van der Waals surface area contributed by atoms with Crippen molar-refractivity contribution in [2.45, 2.75) is 80.6 Å². The van der Waals surface area contributed by atoms with E-state index in [1.54, 1.807) is 0 Å². The first-order valence-electron chi connectivity index (χ1n) is 8.71. The van der Waals surface area contributed by atoms with Gasteiger partial charge in [-0.15, -0.1) is 0 Å². The van der Waals surface area contributed by atoms with E-state index in [1.165, 1.54) is 19.3 Å². The number of carbonyl (C=O) groups excluding carboxylic acids is 1. The lowest BCUT2D eigenvalue weighted by atomic mass is 9.82. The van der Waals surface area contributed by atoms with Crippen LogP contribution in [0.3, 0.4) is 0 Å². The summed E-state index contributed by atoms with van der Waals surface area (Å²) in [7, 11) is 0. The third-order valence-electron chi connectivity index (χ3n) is 5.11. The van der Waals surface area contributed by atoms with Gasteiger partial charge in [-0.2, -0.15) is 0 Å². The van der Waals surface area contributed by atoms with E-state index in [0.717, 1.165) is 44.9 Å². The van der Waals surface area contributed by atoms with Gasteiger partial charge in [0.25, 0.3) is 0 Å². The second kappa shape index (κ2) is 9.08. The number of alkyl halides is 1. The van der Waals surface area contributed by atoms with E-state index in [9.17, 15) is 9.59 Å². The van der Waals surface area contributed by atoms with Gasteiger partial charge >= 0.3 is 5.97 Å². The van der Waals surface area contributed by atoms with E-state index >= 15 is 0 Å². The van der Waals surface area contributed by atoms with E-state index in [4.69, 9.17) is 5.11 Å². The van der Waals surface area contributed by atoms with Gasteiger partial charge in [-0.05, 0) is 50.9 Å². The Balaban J connectivity index is 1.72. The zero-order valence-corrected chi connectivity index (χ0v) is 15.4. The molecule has 0 heterocycles. The van der Waals surface area contributed by atoms with E-state index in [0.29, 0.717) is 15.9 Å². The molecular formula is C17H28INO3. The molecule has 2 aliphatic carbocycles. The lowest BCUT2D eigenvalue weighted by Gasteiger charge is -2.32. The molecule has 2 N–H and O–H groups in total. The molecule has 5 heteroatoms. The Kier molecular flexibility index (Phi) is 7.44. The number of rotatable bonds is 6. The summed E-state index contributed by atoms with van der Waals surface area (Å²) in [4.78, 5) is 23.0. The van der Waals surface area contributed by atoms with Crippen LogP contribution in [0, 0.1) is 11.8 Å². The van der Waals surface area contributed by atoms with Gasteiger partial charge < -0.3 is 10.4 Å². The predicted octanol–water partition coefficient (Wildman–Crippen LogP) is 3.91. The van der Waals surface area contributed by atoms with Crippen LogP contribution in [0.5, 0.6) is 0 Å². The van der Waals surface area contributed by atoms with E-state index in [1.807, 2.05) is 0 Å². The average molecular weight is 421 g/mol. The molecule has 0 spiro atoms. The standard InChI is InChI=1S/C17H28INO3/c18-14-7-3-6-13(11-14)17(22)19-15-8-1-4-12(10-15)5-2-9-16(20)21/h12-15H,1-11H2,(H,19,22)(H,20,21). The molecular weight excluding hydrogens is 393 g/mol. The first-order chi connectivity index (χ1) is 10.5. The number of aliphatic carboxylic acids is 1. The summed E-state index contributed by atoms with van der Waals surface area (Å²) in [5.74, 6) is 0.356. The zero-order valence-electron chi connectivity index (χ0n) is 13.2. The number of hydrogen-bond acceptors (Lipinski definition) is 2. The normalized spacial score (nSPS) is 32.4. The maximum Gasteiger partial charge on any atom is 0.303 e.